The van der Waals surface area contributed by atoms with Crippen molar-refractivity contribution in [1.29, 1.82) is 0 Å². The highest BCUT2D eigenvalue weighted by Gasteiger charge is 2.19. The number of carbonyl (C=O) groups excluding carboxylic acids is 1. The highest BCUT2D eigenvalue weighted by atomic mass is 16.3. The van der Waals surface area contributed by atoms with Gasteiger partial charge in [0.2, 0.25) is 5.91 Å². The Morgan fingerprint density at radius 2 is 1.96 bits per heavy atom. The van der Waals surface area contributed by atoms with E-state index in [0.29, 0.717) is 6.54 Å². The van der Waals surface area contributed by atoms with Gasteiger partial charge < -0.3 is 9.73 Å². The van der Waals surface area contributed by atoms with E-state index in [4.69, 9.17) is 4.42 Å². The lowest BCUT2D eigenvalue weighted by Crippen LogP contribution is -2.29. The number of furan rings is 1. The van der Waals surface area contributed by atoms with Crippen LogP contribution in [0.5, 0.6) is 0 Å². The molecule has 0 saturated carbocycles. The summed E-state index contributed by atoms with van der Waals surface area (Å²) in [5.41, 5.74) is 3.31. The van der Waals surface area contributed by atoms with Gasteiger partial charge in [0.1, 0.15) is 0 Å². The first-order valence-corrected chi connectivity index (χ1v) is 7.94. The molecule has 0 bridgehead atoms. The fourth-order valence-corrected chi connectivity index (χ4v) is 2.69. The fraction of sp³-hybridized carbons (Fsp3) is 0.211. The van der Waals surface area contributed by atoms with E-state index >= 15 is 0 Å². The average molecular weight is 321 g/mol. The van der Waals surface area contributed by atoms with Gasteiger partial charge in [-0.3, -0.25) is 14.8 Å². The molecule has 0 fully saturated rings. The van der Waals surface area contributed by atoms with Crippen LogP contribution in [0.25, 0.3) is 11.3 Å². The molecule has 3 rings (SSSR count). The van der Waals surface area contributed by atoms with Crippen LogP contribution in [0, 0.1) is 0 Å². The van der Waals surface area contributed by atoms with E-state index in [2.05, 4.69) is 15.3 Å². The predicted octanol–water partition coefficient (Wildman–Crippen LogP) is 3.55. The normalized spacial score (nSPS) is 11.9. The van der Waals surface area contributed by atoms with E-state index in [9.17, 15) is 4.79 Å². The van der Waals surface area contributed by atoms with E-state index in [1.54, 1.807) is 24.9 Å². The van der Waals surface area contributed by atoms with Crippen LogP contribution in [0.4, 0.5) is 0 Å². The number of amides is 1. The standard InChI is InChI=1S/C19H19N3O2/c1-2-16(14-6-4-3-5-7-14)19(23)22-12-17-18(21-10-9-20-17)15-8-11-24-13-15/h3-11,13,16H,2,12H2,1H3,(H,22,23)/t16-/m1/s1. The van der Waals surface area contributed by atoms with Crippen molar-refractivity contribution in [2.24, 2.45) is 0 Å². The number of benzene rings is 1. The Morgan fingerprint density at radius 1 is 1.17 bits per heavy atom. The summed E-state index contributed by atoms with van der Waals surface area (Å²) in [6.45, 7) is 2.34. The van der Waals surface area contributed by atoms with E-state index in [-0.39, 0.29) is 11.8 Å². The largest absolute Gasteiger partial charge is 0.472 e. The van der Waals surface area contributed by atoms with Gasteiger partial charge in [0.15, 0.2) is 0 Å². The molecule has 3 aromatic rings. The number of hydrogen-bond donors (Lipinski definition) is 1. The van der Waals surface area contributed by atoms with E-state index in [0.717, 1.165) is 28.9 Å². The Balaban J connectivity index is 1.73. The second kappa shape index (κ2) is 7.55. The van der Waals surface area contributed by atoms with E-state index < -0.39 is 0 Å². The van der Waals surface area contributed by atoms with Crippen molar-refractivity contribution in [3.8, 4) is 11.3 Å². The summed E-state index contributed by atoms with van der Waals surface area (Å²) < 4.78 is 5.11. The summed E-state index contributed by atoms with van der Waals surface area (Å²) in [7, 11) is 0. The lowest BCUT2D eigenvalue weighted by atomic mass is 9.95. The van der Waals surface area contributed by atoms with Crippen molar-refractivity contribution in [2.75, 3.05) is 0 Å². The molecule has 0 spiro atoms. The van der Waals surface area contributed by atoms with Crippen molar-refractivity contribution in [1.82, 2.24) is 15.3 Å². The topological polar surface area (TPSA) is 68.0 Å². The molecule has 0 aliphatic carbocycles. The number of carbonyl (C=O) groups is 1. The molecular weight excluding hydrogens is 302 g/mol. The molecule has 1 aromatic carbocycles. The minimum atomic E-state index is -0.166. The Morgan fingerprint density at radius 3 is 2.67 bits per heavy atom. The summed E-state index contributed by atoms with van der Waals surface area (Å²) >= 11 is 0. The molecule has 0 saturated heterocycles. The zero-order valence-corrected chi connectivity index (χ0v) is 13.5. The van der Waals surface area contributed by atoms with Crippen LogP contribution < -0.4 is 5.32 Å². The molecule has 1 atom stereocenters. The van der Waals surface area contributed by atoms with Crippen LogP contribution in [0.2, 0.25) is 0 Å². The second-order valence-electron chi connectivity index (χ2n) is 5.45. The van der Waals surface area contributed by atoms with Crippen LogP contribution in [-0.2, 0) is 11.3 Å². The first-order valence-electron chi connectivity index (χ1n) is 7.94. The van der Waals surface area contributed by atoms with Gasteiger partial charge in [0.05, 0.1) is 36.4 Å². The number of nitrogens with one attached hydrogen (secondary N) is 1. The third-order valence-electron chi connectivity index (χ3n) is 3.93. The predicted molar refractivity (Wildman–Crippen MR) is 91.1 cm³/mol. The third kappa shape index (κ3) is 3.51. The summed E-state index contributed by atoms with van der Waals surface area (Å²) in [5.74, 6) is -0.173. The van der Waals surface area contributed by atoms with Crippen LogP contribution in [0.1, 0.15) is 30.5 Å². The molecule has 2 heterocycles. The first-order chi connectivity index (χ1) is 11.8. The SMILES string of the molecule is CC[C@@H](C(=O)NCc1nccnc1-c1ccoc1)c1ccccc1. The molecule has 122 valence electrons. The van der Waals surface area contributed by atoms with Crippen molar-refractivity contribution in [2.45, 2.75) is 25.8 Å². The van der Waals surface area contributed by atoms with E-state index in [1.807, 2.05) is 43.3 Å². The molecule has 0 aliphatic heterocycles. The van der Waals surface area contributed by atoms with Crippen molar-refractivity contribution in [3.63, 3.8) is 0 Å². The summed E-state index contributed by atoms with van der Waals surface area (Å²) in [5, 5.41) is 2.98. The molecule has 0 aliphatic rings. The summed E-state index contributed by atoms with van der Waals surface area (Å²) in [6.07, 6.45) is 7.21. The zero-order valence-electron chi connectivity index (χ0n) is 13.5. The lowest BCUT2D eigenvalue weighted by Gasteiger charge is -2.15. The molecule has 0 radical (unpaired) electrons. The van der Waals surface area contributed by atoms with Gasteiger partial charge in [-0.05, 0) is 18.1 Å². The van der Waals surface area contributed by atoms with Crippen molar-refractivity contribution >= 4 is 5.91 Å². The van der Waals surface area contributed by atoms with Crippen LogP contribution in [0.15, 0.2) is 65.7 Å². The molecule has 0 unspecified atom stereocenters. The smallest absolute Gasteiger partial charge is 0.227 e. The number of hydrogen-bond acceptors (Lipinski definition) is 4. The molecule has 5 heteroatoms. The molecule has 5 nitrogen and oxygen atoms in total. The van der Waals surface area contributed by atoms with Gasteiger partial charge >= 0.3 is 0 Å². The van der Waals surface area contributed by atoms with Crippen molar-refractivity contribution < 1.29 is 9.21 Å². The van der Waals surface area contributed by atoms with Crippen LogP contribution in [0.3, 0.4) is 0 Å². The maximum atomic E-state index is 12.6. The monoisotopic (exact) mass is 321 g/mol. The number of nitrogens with zero attached hydrogens (tertiary/aromatic N) is 2. The highest BCUT2D eigenvalue weighted by Crippen LogP contribution is 2.21. The van der Waals surface area contributed by atoms with Crippen molar-refractivity contribution in [3.05, 3.63) is 72.6 Å². The van der Waals surface area contributed by atoms with Gasteiger partial charge in [-0.15, -0.1) is 0 Å². The minimum absolute atomic E-state index is 0.00695. The lowest BCUT2D eigenvalue weighted by molar-refractivity contribution is -0.122. The molecular formula is C19H19N3O2. The number of aromatic nitrogens is 2. The van der Waals surface area contributed by atoms with Crippen LogP contribution in [-0.4, -0.2) is 15.9 Å². The maximum absolute atomic E-state index is 12.6. The van der Waals surface area contributed by atoms with Gasteiger partial charge in [0.25, 0.3) is 0 Å². The first kappa shape index (κ1) is 15.9. The van der Waals surface area contributed by atoms with Gasteiger partial charge in [-0.1, -0.05) is 37.3 Å². The third-order valence-corrected chi connectivity index (χ3v) is 3.93. The Bertz CT molecular complexity index is 785. The molecule has 24 heavy (non-hydrogen) atoms. The Kier molecular flexibility index (Phi) is 5.01. The quantitative estimate of drug-likeness (QED) is 0.754. The molecule has 1 amide bonds. The Hall–Kier alpha value is -2.95. The highest BCUT2D eigenvalue weighted by molar-refractivity contribution is 5.83. The van der Waals surface area contributed by atoms with Gasteiger partial charge in [0, 0.05) is 18.0 Å². The number of rotatable bonds is 6. The summed E-state index contributed by atoms with van der Waals surface area (Å²) in [6, 6.07) is 11.6. The fourth-order valence-electron chi connectivity index (χ4n) is 2.69. The van der Waals surface area contributed by atoms with Gasteiger partial charge in [-0.25, -0.2) is 0 Å². The summed E-state index contributed by atoms with van der Waals surface area (Å²) in [4.78, 5) is 21.3. The molecule has 2 aromatic heterocycles. The molecule has 1 N–H and O–H groups in total. The van der Waals surface area contributed by atoms with Crippen LogP contribution >= 0.6 is 0 Å². The van der Waals surface area contributed by atoms with Gasteiger partial charge in [-0.2, -0.15) is 0 Å². The van der Waals surface area contributed by atoms with E-state index in [1.165, 1.54) is 0 Å². The zero-order chi connectivity index (χ0) is 16.8. The second-order valence-corrected chi connectivity index (χ2v) is 5.45. The average Bonchev–Trinajstić information content (AvgIpc) is 3.16. The Labute approximate surface area is 140 Å². The minimum Gasteiger partial charge on any atom is -0.472 e. The maximum Gasteiger partial charge on any atom is 0.227 e.